The highest BCUT2D eigenvalue weighted by atomic mass is 32.1. The number of rotatable bonds is 7. The van der Waals surface area contributed by atoms with Gasteiger partial charge < -0.3 is 25.0 Å². The third kappa shape index (κ3) is 5.05. The molecule has 3 N–H and O–H groups in total. The van der Waals surface area contributed by atoms with Gasteiger partial charge in [0.15, 0.2) is 16.6 Å². The number of aryl methyl sites for hydroxylation is 1. The van der Waals surface area contributed by atoms with E-state index >= 15 is 0 Å². The molecule has 30 heavy (non-hydrogen) atoms. The monoisotopic (exact) mass is 428 g/mol. The van der Waals surface area contributed by atoms with Crippen LogP contribution in [-0.4, -0.2) is 38.5 Å². The largest absolute Gasteiger partial charge is 0.493 e. The molecule has 1 heterocycles. The Kier molecular flexibility index (Phi) is 7.56. The van der Waals surface area contributed by atoms with Crippen LogP contribution in [-0.2, 0) is 13.0 Å². The maximum Gasteiger partial charge on any atom is 0.166 e. The van der Waals surface area contributed by atoms with Crippen molar-refractivity contribution in [3.8, 4) is 11.5 Å². The molecule has 2 aromatic carbocycles. The summed E-state index contributed by atoms with van der Waals surface area (Å²) in [5.41, 5.74) is 5.29. The summed E-state index contributed by atoms with van der Waals surface area (Å²) in [7, 11) is 3.39. The predicted molar refractivity (Wildman–Crippen MR) is 126 cm³/mol. The van der Waals surface area contributed by atoms with Gasteiger partial charge in [-0.25, -0.2) is 0 Å². The maximum atomic E-state index is 5.63. The lowest BCUT2D eigenvalue weighted by atomic mass is 9.87. The number of benzene rings is 2. The Morgan fingerprint density at radius 2 is 1.93 bits per heavy atom. The van der Waals surface area contributed by atoms with E-state index in [0.29, 0.717) is 5.11 Å². The first-order chi connectivity index (χ1) is 14.5. The summed E-state index contributed by atoms with van der Waals surface area (Å²) in [5, 5.41) is 7.43. The summed E-state index contributed by atoms with van der Waals surface area (Å²) in [6.07, 6.45) is 1.01. The molecular formula is C24H34N3O2S+. The third-order valence-corrected chi connectivity index (χ3v) is 6.11. The van der Waals surface area contributed by atoms with E-state index in [1.165, 1.54) is 27.2 Å². The van der Waals surface area contributed by atoms with Crippen LogP contribution in [0, 0.1) is 6.92 Å². The van der Waals surface area contributed by atoms with Crippen molar-refractivity contribution in [1.82, 2.24) is 10.6 Å². The van der Waals surface area contributed by atoms with Gasteiger partial charge in [0, 0.05) is 24.1 Å². The molecule has 0 saturated heterocycles. The first-order valence-electron chi connectivity index (χ1n) is 10.7. The Hall–Kier alpha value is -2.31. The second kappa shape index (κ2) is 10.1. The molecule has 1 aliphatic heterocycles. The summed E-state index contributed by atoms with van der Waals surface area (Å²) in [4.78, 5) is 1.53. The van der Waals surface area contributed by atoms with Gasteiger partial charge in [-0.05, 0) is 50.7 Å². The standard InChI is InChI=1S/C24H33N3O2S/c1-6-25-24(30)26-17(3)23-20-14-22(29-5)21(28-4)13-19(20)10-11-27(23)15-18-9-7-8-16(2)12-18/h7-9,12-14,17,23H,6,10-11,15H2,1-5H3,(H2,25,26,30)/p+1/t17-,23+/m0/s1. The van der Waals surface area contributed by atoms with Crippen LogP contribution in [0.15, 0.2) is 36.4 Å². The summed E-state index contributed by atoms with van der Waals surface area (Å²) in [6, 6.07) is 13.5. The number of ether oxygens (including phenoxy) is 2. The molecule has 3 rings (SSSR count). The second-order valence-electron chi connectivity index (χ2n) is 8.00. The molecule has 1 aliphatic rings. The van der Waals surface area contributed by atoms with Gasteiger partial charge in [0.05, 0.1) is 26.8 Å². The first kappa shape index (κ1) is 22.4. The van der Waals surface area contributed by atoms with Crippen LogP contribution < -0.4 is 25.0 Å². The molecule has 0 aromatic heterocycles. The van der Waals surface area contributed by atoms with Crippen LogP contribution in [0.1, 0.15) is 42.1 Å². The Bertz CT molecular complexity index is 887. The Morgan fingerprint density at radius 1 is 1.20 bits per heavy atom. The zero-order valence-electron chi connectivity index (χ0n) is 18.7. The maximum absolute atomic E-state index is 5.63. The van der Waals surface area contributed by atoms with Gasteiger partial charge in [0.1, 0.15) is 12.6 Å². The van der Waals surface area contributed by atoms with Gasteiger partial charge in [-0.2, -0.15) is 0 Å². The highest BCUT2D eigenvalue weighted by Gasteiger charge is 2.36. The average molecular weight is 429 g/mol. The Labute approximate surface area is 185 Å². The van der Waals surface area contributed by atoms with Crippen LogP contribution >= 0.6 is 12.2 Å². The molecule has 0 aliphatic carbocycles. The topological polar surface area (TPSA) is 47.0 Å². The third-order valence-electron chi connectivity index (χ3n) is 5.85. The van der Waals surface area contributed by atoms with Crippen molar-refractivity contribution in [3.05, 3.63) is 58.7 Å². The highest BCUT2D eigenvalue weighted by molar-refractivity contribution is 7.80. The fourth-order valence-electron chi connectivity index (χ4n) is 4.52. The van der Waals surface area contributed by atoms with Crippen molar-refractivity contribution in [3.63, 3.8) is 0 Å². The van der Waals surface area contributed by atoms with Crippen molar-refractivity contribution in [2.45, 2.75) is 45.8 Å². The Balaban J connectivity index is 1.97. The van der Waals surface area contributed by atoms with Crippen LogP contribution in [0.3, 0.4) is 0 Å². The van der Waals surface area contributed by atoms with Gasteiger partial charge in [0.2, 0.25) is 0 Å². The van der Waals surface area contributed by atoms with Gasteiger partial charge in [-0.3, -0.25) is 0 Å². The molecule has 0 bridgehead atoms. The van der Waals surface area contributed by atoms with Crippen molar-refractivity contribution in [1.29, 1.82) is 0 Å². The van der Waals surface area contributed by atoms with E-state index in [1.807, 2.05) is 0 Å². The van der Waals surface area contributed by atoms with Crippen LogP contribution in [0.2, 0.25) is 0 Å². The van der Waals surface area contributed by atoms with E-state index in [-0.39, 0.29) is 12.1 Å². The second-order valence-corrected chi connectivity index (χ2v) is 8.41. The number of nitrogens with one attached hydrogen (secondary N) is 3. The van der Waals surface area contributed by atoms with E-state index < -0.39 is 0 Å². The molecular weight excluding hydrogens is 394 g/mol. The van der Waals surface area contributed by atoms with E-state index in [9.17, 15) is 0 Å². The summed E-state index contributed by atoms with van der Waals surface area (Å²) < 4.78 is 11.2. The SMILES string of the molecule is CCNC(=S)N[C@@H](C)[C@@H]1c2cc(OC)c(OC)cc2CC[NH+]1Cc1cccc(C)c1. The lowest BCUT2D eigenvalue weighted by Crippen LogP contribution is -3.13. The van der Waals surface area contributed by atoms with Crippen molar-refractivity contribution in [2.75, 3.05) is 27.3 Å². The molecule has 0 radical (unpaired) electrons. The van der Waals surface area contributed by atoms with Gasteiger partial charge in [-0.15, -0.1) is 0 Å². The Morgan fingerprint density at radius 3 is 2.60 bits per heavy atom. The smallest absolute Gasteiger partial charge is 0.166 e. The lowest BCUT2D eigenvalue weighted by molar-refractivity contribution is -0.948. The van der Waals surface area contributed by atoms with Crippen molar-refractivity contribution in [2.24, 2.45) is 0 Å². The zero-order chi connectivity index (χ0) is 21.7. The quantitative estimate of drug-likeness (QED) is 0.592. The summed E-state index contributed by atoms with van der Waals surface area (Å²) in [6.45, 7) is 9.27. The molecule has 3 atom stereocenters. The minimum absolute atomic E-state index is 0.161. The minimum atomic E-state index is 0.161. The predicted octanol–water partition coefficient (Wildman–Crippen LogP) is 2.57. The molecule has 1 unspecified atom stereocenters. The van der Waals surface area contributed by atoms with Crippen molar-refractivity contribution < 1.29 is 14.4 Å². The molecule has 5 nitrogen and oxygen atoms in total. The molecule has 0 saturated carbocycles. The van der Waals surface area contributed by atoms with Gasteiger partial charge in [0.25, 0.3) is 0 Å². The fourth-order valence-corrected chi connectivity index (χ4v) is 4.85. The molecule has 0 fully saturated rings. The van der Waals surface area contributed by atoms with Crippen LogP contribution in [0.5, 0.6) is 11.5 Å². The summed E-state index contributed by atoms with van der Waals surface area (Å²) >= 11 is 5.49. The van der Waals surface area contributed by atoms with Gasteiger partial charge in [-0.1, -0.05) is 29.8 Å². The van der Waals surface area contributed by atoms with E-state index in [4.69, 9.17) is 21.7 Å². The van der Waals surface area contributed by atoms with Crippen molar-refractivity contribution >= 4 is 17.3 Å². The van der Waals surface area contributed by atoms with E-state index in [1.54, 1.807) is 14.2 Å². The molecule has 6 heteroatoms. The van der Waals surface area contributed by atoms with Crippen LogP contribution in [0.4, 0.5) is 0 Å². The summed E-state index contributed by atoms with van der Waals surface area (Å²) in [5.74, 6) is 1.57. The molecule has 162 valence electrons. The fraction of sp³-hybridized carbons (Fsp3) is 0.458. The molecule has 0 amide bonds. The molecule has 2 aromatic rings. The number of quaternary nitrogens is 1. The number of hydrogen-bond acceptors (Lipinski definition) is 3. The van der Waals surface area contributed by atoms with E-state index in [0.717, 1.165) is 37.6 Å². The van der Waals surface area contributed by atoms with Gasteiger partial charge >= 0.3 is 0 Å². The highest BCUT2D eigenvalue weighted by Crippen LogP contribution is 2.35. The minimum Gasteiger partial charge on any atom is -0.493 e. The van der Waals surface area contributed by atoms with Crippen LogP contribution in [0.25, 0.3) is 0 Å². The number of fused-ring (bicyclic) bond motifs is 1. The number of hydrogen-bond donors (Lipinski definition) is 3. The molecule has 0 spiro atoms. The number of methoxy groups -OCH3 is 2. The normalized spacial score (nSPS) is 18.8. The average Bonchev–Trinajstić information content (AvgIpc) is 2.72. The zero-order valence-corrected chi connectivity index (χ0v) is 19.5. The van der Waals surface area contributed by atoms with E-state index in [2.05, 4.69) is 67.8 Å². The number of thiocarbonyl (C=S) groups is 1. The first-order valence-corrected chi connectivity index (χ1v) is 11.1. The lowest BCUT2D eigenvalue weighted by Gasteiger charge is -2.38.